The number of fused-ring (bicyclic) bond motifs is 7. The third-order valence-corrected chi connectivity index (χ3v) is 12.8. The van der Waals surface area contributed by atoms with Crippen LogP contribution in [-0.4, -0.2) is 23.3 Å². The molecule has 3 heteroatoms. The number of aliphatic hydroxyl groups excluding tert-OH is 1. The molecule has 0 aromatic rings. The van der Waals surface area contributed by atoms with Crippen LogP contribution in [0.15, 0.2) is 23.3 Å². The van der Waals surface area contributed by atoms with E-state index in [2.05, 4.69) is 67.5 Å². The summed E-state index contributed by atoms with van der Waals surface area (Å²) in [6.45, 7) is 20.8. The molecule has 3 nitrogen and oxygen atoms in total. The summed E-state index contributed by atoms with van der Waals surface area (Å²) in [7, 11) is 0. The Hall–Kier alpha value is -1.09. The fraction of sp³-hybridized carbons (Fsp3) is 0.844. The van der Waals surface area contributed by atoms with Crippen LogP contribution in [0.3, 0.4) is 0 Å². The van der Waals surface area contributed by atoms with Crippen LogP contribution in [0.2, 0.25) is 0 Å². The molecule has 35 heavy (non-hydrogen) atoms. The molecule has 0 aromatic heterocycles. The Morgan fingerprint density at radius 3 is 2.31 bits per heavy atom. The Morgan fingerprint density at radius 2 is 1.69 bits per heavy atom. The molecule has 0 aliphatic heterocycles. The van der Waals surface area contributed by atoms with Crippen molar-refractivity contribution in [1.82, 2.24) is 0 Å². The number of carbonyl (C=O) groups is 1. The minimum absolute atomic E-state index is 0.0458. The van der Waals surface area contributed by atoms with Crippen LogP contribution in [0, 0.1) is 50.7 Å². The quantitative estimate of drug-likeness (QED) is 0.415. The molecule has 0 radical (unpaired) electrons. The van der Waals surface area contributed by atoms with Gasteiger partial charge in [-0.15, -0.1) is 0 Å². The standard InChI is InChI=1S/C32H50O3/c1-19(2)21-12-15-29(6)22(21)13-17-31(8)24(29)10-11-25-30(7)16-14-26(35-20(3)33)28(4,5)27(30)23(34)18-32(25,31)9/h13,17,19,23-27,34H,10-12,14-16,18H2,1-9H3. The van der Waals surface area contributed by atoms with Gasteiger partial charge in [0.25, 0.3) is 0 Å². The van der Waals surface area contributed by atoms with E-state index in [1.165, 1.54) is 32.6 Å². The van der Waals surface area contributed by atoms with Gasteiger partial charge in [0.2, 0.25) is 0 Å². The Kier molecular flexibility index (Phi) is 5.63. The summed E-state index contributed by atoms with van der Waals surface area (Å²) >= 11 is 0. The van der Waals surface area contributed by atoms with E-state index in [0.29, 0.717) is 17.8 Å². The lowest BCUT2D eigenvalue weighted by Gasteiger charge is -2.72. The minimum Gasteiger partial charge on any atom is -0.462 e. The SMILES string of the molecule is CC(=O)OC1CCC2(C)C(C(O)CC3(C)C2CCC2C4(C)CCC(C(C)C)=C4C=CC23C)C1(C)C. The predicted octanol–water partition coefficient (Wildman–Crippen LogP) is 7.49. The third-order valence-electron chi connectivity index (χ3n) is 12.8. The molecule has 3 fully saturated rings. The van der Waals surface area contributed by atoms with Crippen molar-refractivity contribution in [2.24, 2.45) is 50.7 Å². The van der Waals surface area contributed by atoms with Crippen LogP contribution < -0.4 is 0 Å². The molecule has 5 rings (SSSR count). The lowest BCUT2D eigenvalue weighted by atomic mass is 9.32. The lowest BCUT2D eigenvalue weighted by molar-refractivity contribution is -0.259. The number of allylic oxidation sites excluding steroid dienone is 4. The second kappa shape index (κ2) is 7.71. The number of hydrogen-bond donors (Lipinski definition) is 1. The maximum Gasteiger partial charge on any atom is 0.302 e. The van der Waals surface area contributed by atoms with Crippen molar-refractivity contribution < 1.29 is 14.6 Å². The lowest BCUT2D eigenvalue weighted by Crippen LogP contribution is -2.69. The van der Waals surface area contributed by atoms with E-state index >= 15 is 0 Å². The largest absolute Gasteiger partial charge is 0.462 e. The molecule has 196 valence electrons. The molecule has 0 amide bonds. The van der Waals surface area contributed by atoms with Gasteiger partial charge in [0.05, 0.1) is 6.10 Å². The highest BCUT2D eigenvalue weighted by Gasteiger charge is 2.71. The van der Waals surface area contributed by atoms with Crippen LogP contribution in [0.5, 0.6) is 0 Å². The zero-order valence-corrected chi connectivity index (χ0v) is 23.8. The summed E-state index contributed by atoms with van der Waals surface area (Å²) < 4.78 is 5.84. The molecule has 5 aliphatic carbocycles. The van der Waals surface area contributed by atoms with E-state index in [1.54, 1.807) is 11.1 Å². The highest BCUT2D eigenvalue weighted by atomic mass is 16.5. The van der Waals surface area contributed by atoms with E-state index in [-0.39, 0.29) is 51.2 Å². The number of ether oxygens (including phenoxy) is 1. The molecule has 0 aromatic carbocycles. The second-order valence-electron chi connectivity index (χ2n) is 14.9. The zero-order valence-electron chi connectivity index (χ0n) is 23.8. The third kappa shape index (κ3) is 3.15. The molecular weight excluding hydrogens is 432 g/mol. The summed E-state index contributed by atoms with van der Waals surface area (Å²) in [6, 6.07) is 0. The van der Waals surface area contributed by atoms with Crippen LogP contribution in [-0.2, 0) is 9.53 Å². The Balaban J connectivity index is 1.57. The van der Waals surface area contributed by atoms with Crippen molar-refractivity contribution >= 4 is 5.97 Å². The van der Waals surface area contributed by atoms with Crippen molar-refractivity contribution in [3.8, 4) is 0 Å². The van der Waals surface area contributed by atoms with E-state index in [9.17, 15) is 9.90 Å². The van der Waals surface area contributed by atoms with Crippen LogP contribution in [0.1, 0.15) is 107 Å². The maximum atomic E-state index is 12.0. The second-order valence-corrected chi connectivity index (χ2v) is 14.9. The van der Waals surface area contributed by atoms with Gasteiger partial charge >= 0.3 is 5.97 Å². The van der Waals surface area contributed by atoms with Crippen molar-refractivity contribution in [3.63, 3.8) is 0 Å². The van der Waals surface area contributed by atoms with Gasteiger partial charge in [0, 0.05) is 12.3 Å². The van der Waals surface area contributed by atoms with Crippen molar-refractivity contribution in [1.29, 1.82) is 0 Å². The van der Waals surface area contributed by atoms with Gasteiger partial charge in [0.1, 0.15) is 6.10 Å². The van der Waals surface area contributed by atoms with Crippen molar-refractivity contribution in [2.75, 3.05) is 0 Å². The van der Waals surface area contributed by atoms with E-state index in [4.69, 9.17) is 4.74 Å². The first-order valence-corrected chi connectivity index (χ1v) is 14.4. The molecule has 0 saturated heterocycles. The number of rotatable bonds is 2. The molecule has 3 saturated carbocycles. The zero-order chi connectivity index (χ0) is 25.8. The Morgan fingerprint density at radius 1 is 1.03 bits per heavy atom. The molecule has 1 N–H and O–H groups in total. The van der Waals surface area contributed by atoms with Gasteiger partial charge in [-0.3, -0.25) is 4.79 Å². The molecule has 9 unspecified atom stereocenters. The average Bonchev–Trinajstić information content (AvgIpc) is 3.07. The monoisotopic (exact) mass is 482 g/mol. The number of aliphatic hydroxyl groups is 1. The number of carbonyl (C=O) groups excluding carboxylic acids is 1. The summed E-state index contributed by atoms with van der Waals surface area (Å²) in [5.41, 5.74) is 3.51. The van der Waals surface area contributed by atoms with E-state index < -0.39 is 0 Å². The van der Waals surface area contributed by atoms with Crippen LogP contribution in [0.25, 0.3) is 0 Å². The summed E-state index contributed by atoms with van der Waals surface area (Å²) in [6.07, 6.45) is 12.5. The highest BCUT2D eigenvalue weighted by molar-refractivity contribution is 5.66. The van der Waals surface area contributed by atoms with Gasteiger partial charge in [-0.25, -0.2) is 0 Å². The average molecular weight is 483 g/mol. The van der Waals surface area contributed by atoms with Gasteiger partial charge < -0.3 is 9.84 Å². The van der Waals surface area contributed by atoms with Crippen molar-refractivity contribution in [2.45, 2.75) is 119 Å². The van der Waals surface area contributed by atoms with E-state index in [0.717, 1.165) is 19.3 Å². The first kappa shape index (κ1) is 25.6. The first-order chi connectivity index (χ1) is 16.1. The Labute approximate surface area is 214 Å². The number of hydrogen-bond acceptors (Lipinski definition) is 3. The molecular formula is C32H50O3. The van der Waals surface area contributed by atoms with Gasteiger partial charge in [-0.05, 0) is 95.9 Å². The maximum absolute atomic E-state index is 12.0. The van der Waals surface area contributed by atoms with Crippen LogP contribution >= 0.6 is 0 Å². The molecule has 9 atom stereocenters. The highest BCUT2D eigenvalue weighted by Crippen LogP contribution is 2.76. The predicted molar refractivity (Wildman–Crippen MR) is 142 cm³/mol. The summed E-state index contributed by atoms with van der Waals surface area (Å²) in [4.78, 5) is 11.9. The van der Waals surface area contributed by atoms with Gasteiger partial charge in [-0.2, -0.15) is 0 Å². The summed E-state index contributed by atoms with van der Waals surface area (Å²) in [5, 5.41) is 12.0. The fourth-order valence-electron chi connectivity index (χ4n) is 11.3. The molecule has 0 heterocycles. The van der Waals surface area contributed by atoms with Gasteiger partial charge in [-0.1, -0.05) is 73.1 Å². The smallest absolute Gasteiger partial charge is 0.302 e. The molecule has 5 aliphatic rings. The first-order valence-electron chi connectivity index (χ1n) is 14.4. The normalized spacial score (nSPS) is 50.3. The minimum atomic E-state index is -0.377. The Bertz CT molecular complexity index is 973. The number of esters is 1. The van der Waals surface area contributed by atoms with Crippen LogP contribution in [0.4, 0.5) is 0 Å². The molecule has 0 spiro atoms. The topological polar surface area (TPSA) is 46.5 Å². The molecule has 0 bridgehead atoms. The van der Waals surface area contributed by atoms with E-state index in [1.807, 2.05) is 0 Å². The van der Waals surface area contributed by atoms with Gasteiger partial charge in [0.15, 0.2) is 0 Å². The van der Waals surface area contributed by atoms with Crippen molar-refractivity contribution in [3.05, 3.63) is 23.3 Å². The fourth-order valence-corrected chi connectivity index (χ4v) is 11.3. The summed E-state index contributed by atoms with van der Waals surface area (Å²) in [5.74, 6) is 1.76.